The molecule has 0 saturated carbocycles. The average Bonchev–Trinajstić information content (AvgIpc) is 2.96. The standard InChI is InChI=1S/C31H35N3O5/c1-20-12-13-23(18-21(20)2)34-29(32-27-11-8-7-10-25(27)31(34)36)22(3)33(16-9-17-37-4)30(35)26-15-14-24(38-5)19-28(26)39-6/h7-8,10-15,18-19,22H,9,16-17H2,1-6H3. The quantitative estimate of drug-likeness (QED) is 0.261. The Hall–Kier alpha value is -4.17. The summed E-state index contributed by atoms with van der Waals surface area (Å²) in [5, 5.41) is 0.515. The molecule has 204 valence electrons. The summed E-state index contributed by atoms with van der Waals surface area (Å²) in [6, 6.07) is 17.7. The molecule has 1 aromatic heterocycles. The molecule has 0 aliphatic carbocycles. The van der Waals surface area contributed by atoms with Crippen molar-refractivity contribution in [2.45, 2.75) is 33.2 Å². The molecule has 0 radical (unpaired) electrons. The molecule has 0 saturated heterocycles. The molecule has 3 aromatic carbocycles. The van der Waals surface area contributed by atoms with Crippen LogP contribution in [0.25, 0.3) is 16.6 Å². The Kier molecular flexibility index (Phi) is 8.66. The number of hydrogen-bond acceptors (Lipinski definition) is 6. The topological polar surface area (TPSA) is 82.9 Å². The number of ether oxygens (including phenoxy) is 3. The Labute approximate surface area is 228 Å². The molecule has 4 rings (SSSR count). The maximum absolute atomic E-state index is 14.1. The highest BCUT2D eigenvalue weighted by atomic mass is 16.5. The van der Waals surface area contributed by atoms with Crippen molar-refractivity contribution in [1.82, 2.24) is 14.5 Å². The van der Waals surface area contributed by atoms with Crippen molar-refractivity contribution in [2.75, 3.05) is 34.5 Å². The molecule has 0 bridgehead atoms. The minimum atomic E-state index is -0.555. The molecule has 0 N–H and O–H groups in total. The van der Waals surface area contributed by atoms with Gasteiger partial charge in [-0.15, -0.1) is 0 Å². The summed E-state index contributed by atoms with van der Waals surface area (Å²) >= 11 is 0. The lowest BCUT2D eigenvalue weighted by atomic mass is 10.1. The summed E-state index contributed by atoms with van der Waals surface area (Å²) < 4.78 is 17.8. The fourth-order valence-corrected chi connectivity index (χ4v) is 4.66. The van der Waals surface area contributed by atoms with Crippen molar-refractivity contribution in [3.05, 3.63) is 93.5 Å². The first-order valence-electron chi connectivity index (χ1n) is 12.9. The van der Waals surface area contributed by atoms with E-state index in [1.165, 1.54) is 7.11 Å². The third kappa shape index (κ3) is 5.66. The lowest BCUT2D eigenvalue weighted by Gasteiger charge is -2.31. The van der Waals surface area contributed by atoms with Gasteiger partial charge in [0.1, 0.15) is 17.3 Å². The van der Waals surface area contributed by atoms with E-state index in [-0.39, 0.29) is 11.5 Å². The molecule has 0 spiro atoms. The fourth-order valence-electron chi connectivity index (χ4n) is 4.66. The Morgan fingerprint density at radius 3 is 2.44 bits per heavy atom. The van der Waals surface area contributed by atoms with Gasteiger partial charge in [0, 0.05) is 26.3 Å². The van der Waals surface area contributed by atoms with Gasteiger partial charge in [-0.25, -0.2) is 4.98 Å². The number of fused-ring (bicyclic) bond motifs is 1. The van der Waals surface area contributed by atoms with E-state index in [2.05, 4.69) is 0 Å². The first kappa shape index (κ1) is 27.9. The summed E-state index contributed by atoms with van der Waals surface area (Å²) in [5.74, 6) is 1.22. The molecule has 4 aromatic rings. The second-order valence-corrected chi connectivity index (χ2v) is 9.48. The number of hydrogen-bond donors (Lipinski definition) is 0. The van der Waals surface area contributed by atoms with Crippen molar-refractivity contribution in [3.63, 3.8) is 0 Å². The zero-order valence-electron chi connectivity index (χ0n) is 23.4. The smallest absolute Gasteiger partial charge is 0.266 e. The van der Waals surface area contributed by atoms with Gasteiger partial charge < -0.3 is 19.1 Å². The normalized spacial score (nSPS) is 11.8. The molecule has 1 heterocycles. The molecule has 8 nitrogen and oxygen atoms in total. The van der Waals surface area contributed by atoms with E-state index in [4.69, 9.17) is 19.2 Å². The highest BCUT2D eigenvalue weighted by Gasteiger charge is 2.29. The summed E-state index contributed by atoms with van der Waals surface area (Å²) in [5.41, 5.74) is 3.67. The number of methoxy groups -OCH3 is 3. The van der Waals surface area contributed by atoms with Crippen LogP contribution in [0.15, 0.2) is 65.5 Å². The molecule has 0 aliphatic rings. The Balaban J connectivity index is 1.90. The zero-order valence-corrected chi connectivity index (χ0v) is 23.4. The highest BCUT2D eigenvalue weighted by molar-refractivity contribution is 5.97. The molecule has 39 heavy (non-hydrogen) atoms. The van der Waals surface area contributed by atoms with Crippen molar-refractivity contribution in [2.24, 2.45) is 0 Å². The number of aromatic nitrogens is 2. The van der Waals surface area contributed by atoms with Crippen molar-refractivity contribution < 1.29 is 19.0 Å². The van der Waals surface area contributed by atoms with Crippen LogP contribution in [0.2, 0.25) is 0 Å². The van der Waals surface area contributed by atoms with E-state index in [1.807, 2.05) is 57.2 Å². The van der Waals surface area contributed by atoms with E-state index in [9.17, 15) is 9.59 Å². The van der Waals surface area contributed by atoms with Crippen molar-refractivity contribution in [3.8, 4) is 17.2 Å². The van der Waals surface area contributed by atoms with Crippen LogP contribution in [-0.4, -0.2) is 54.8 Å². The number of carbonyl (C=O) groups excluding carboxylic acids is 1. The van der Waals surface area contributed by atoms with Gasteiger partial charge in [0.2, 0.25) is 0 Å². The molecule has 0 aliphatic heterocycles. The van der Waals surface area contributed by atoms with Gasteiger partial charge in [0.25, 0.3) is 11.5 Å². The van der Waals surface area contributed by atoms with Crippen molar-refractivity contribution >= 4 is 16.8 Å². The van der Waals surface area contributed by atoms with Crippen LogP contribution in [0.4, 0.5) is 0 Å². The SMILES string of the molecule is COCCCN(C(=O)c1ccc(OC)cc1OC)C(C)c1nc2ccccc2c(=O)n1-c1ccc(C)c(C)c1. The summed E-state index contributed by atoms with van der Waals surface area (Å²) in [6.07, 6.45) is 0.604. The first-order valence-corrected chi connectivity index (χ1v) is 12.9. The molecule has 1 unspecified atom stereocenters. The minimum absolute atomic E-state index is 0.183. The number of carbonyl (C=O) groups is 1. The van der Waals surface area contributed by atoms with E-state index in [0.29, 0.717) is 59.0 Å². The van der Waals surface area contributed by atoms with Crippen LogP contribution in [0.1, 0.15) is 46.7 Å². The van der Waals surface area contributed by atoms with Crippen LogP contribution in [-0.2, 0) is 4.74 Å². The average molecular weight is 530 g/mol. The lowest BCUT2D eigenvalue weighted by molar-refractivity contribution is 0.0654. The minimum Gasteiger partial charge on any atom is -0.497 e. The van der Waals surface area contributed by atoms with Crippen LogP contribution in [0.5, 0.6) is 11.5 Å². The molecular weight excluding hydrogens is 494 g/mol. The predicted octanol–water partition coefficient (Wildman–Crippen LogP) is 5.26. The lowest BCUT2D eigenvalue weighted by Crippen LogP contribution is -2.38. The molecule has 0 fully saturated rings. The second-order valence-electron chi connectivity index (χ2n) is 9.48. The monoisotopic (exact) mass is 529 g/mol. The second kappa shape index (κ2) is 12.1. The van der Waals surface area contributed by atoms with Gasteiger partial charge in [-0.1, -0.05) is 18.2 Å². The predicted molar refractivity (Wildman–Crippen MR) is 152 cm³/mol. The van der Waals surface area contributed by atoms with Gasteiger partial charge in [0.15, 0.2) is 0 Å². The maximum atomic E-state index is 14.1. The van der Waals surface area contributed by atoms with Gasteiger partial charge in [-0.2, -0.15) is 0 Å². The van der Waals surface area contributed by atoms with Crippen LogP contribution >= 0.6 is 0 Å². The summed E-state index contributed by atoms with van der Waals surface area (Å²) in [4.78, 5) is 34.7. The van der Waals surface area contributed by atoms with E-state index in [1.54, 1.807) is 48.0 Å². The Morgan fingerprint density at radius 1 is 0.974 bits per heavy atom. The summed E-state index contributed by atoms with van der Waals surface area (Å²) in [7, 11) is 4.71. The zero-order chi connectivity index (χ0) is 28.1. The Bertz CT molecular complexity index is 1550. The van der Waals surface area contributed by atoms with Gasteiger partial charge in [-0.05, 0) is 74.7 Å². The van der Waals surface area contributed by atoms with E-state index >= 15 is 0 Å². The number of benzene rings is 3. The highest BCUT2D eigenvalue weighted by Crippen LogP contribution is 2.30. The fraction of sp³-hybridized carbons (Fsp3) is 0.323. The Morgan fingerprint density at radius 2 is 1.74 bits per heavy atom. The number of aryl methyl sites for hydroxylation is 2. The number of para-hydroxylation sites is 1. The molecule has 1 amide bonds. The van der Waals surface area contributed by atoms with E-state index in [0.717, 1.165) is 11.1 Å². The van der Waals surface area contributed by atoms with Crippen LogP contribution in [0.3, 0.4) is 0 Å². The third-order valence-electron chi connectivity index (χ3n) is 7.04. The van der Waals surface area contributed by atoms with Gasteiger partial charge >= 0.3 is 0 Å². The third-order valence-corrected chi connectivity index (χ3v) is 7.04. The van der Waals surface area contributed by atoms with E-state index < -0.39 is 6.04 Å². The number of rotatable bonds is 10. The van der Waals surface area contributed by atoms with Crippen molar-refractivity contribution in [1.29, 1.82) is 0 Å². The number of amides is 1. The summed E-state index contributed by atoms with van der Waals surface area (Å²) in [6.45, 7) is 6.80. The van der Waals surface area contributed by atoms with Crippen LogP contribution in [0, 0.1) is 13.8 Å². The molecular formula is C31H35N3O5. The molecule has 1 atom stereocenters. The first-order chi connectivity index (χ1) is 18.8. The van der Waals surface area contributed by atoms with Crippen LogP contribution < -0.4 is 15.0 Å². The van der Waals surface area contributed by atoms with Gasteiger partial charge in [0.05, 0.1) is 42.4 Å². The molecule has 8 heteroatoms. The largest absolute Gasteiger partial charge is 0.497 e. The number of nitrogens with zero attached hydrogens (tertiary/aromatic N) is 3. The maximum Gasteiger partial charge on any atom is 0.266 e. The van der Waals surface area contributed by atoms with Gasteiger partial charge in [-0.3, -0.25) is 14.2 Å².